The molecule has 0 fully saturated rings. The van der Waals surface area contributed by atoms with E-state index in [1.54, 1.807) is 7.05 Å². The molecule has 48 valence electrons. The summed E-state index contributed by atoms with van der Waals surface area (Å²) in [6, 6.07) is 0. The lowest BCUT2D eigenvalue weighted by Crippen LogP contribution is -2.16. The summed E-state index contributed by atoms with van der Waals surface area (Å²) in [5, 5.41) is 9.76. The summed E-state index contributed by atoms with van der Waals surface area (Å²) >= 11 is 0. The monoisotopic (exact) mass is 122 g/mol. The molecule has 0 aromatic rings. The van der Waals surface area contributed by atoms with Crippen LogP contribution < -0.4 is 5.32 Å². The lowest BCUT2D eigenvalue weighted by atomic mass is 10.2. The summed E-state index contributed by atoms with van der Waals surface area (Å²) in [6.07, 6.45) is 5.45. The van der Waals surface area contributed by atoms with Crippen molar-refractivity contribution in [3.63, 3.8) is 0 Å². The molecule has 0 saturated heterocycles. The third-order valence-corrected chi connectivity index (χ3v) is 0.896. The molecule has 0 bridgehead atoms. The smallest absolute Gasteiger partial charge is 0.0980 e. The van der Waals surface area contributed by atoms with Crippen molar-refractivity contribution in [3.05, 3.63) is 12.2 Å². The van der Waals surface area contributed by atoms with Crippen molar-refractivity contribution in [2.24, 2.45) is 0 Å². The molecule has 0 aliphatic carbocycles. The highest BCUT2D eigenvalue weighted by molar-refractivity contribution is 5.81. The third-order valence-electron chi connectivity index (χ3n) is 0.896. The van der Waals surface area contributed by atoms with E-state index >= 15 is 0 Å². The van der Waals surface area contributed by atoms with E-state index in [0.29, 0.717) is 17.8 Å². The molecule has 0 aromatic heterocycles. The van der Waals surface area contributed by atoms with Gasteiger partial charge < -0.3 is 5.32 Å². The van der Waals surface area contributed by atoms with E-state index < -0.39 is 0 Å². The molecule has 2 heteroatoms. The van der Waals surface area contributed by atoms with Crippen molar-refractivity contribution >= 4 is 5.84 Å². The Balaban J connectivity index is 3.64. The minimum absolute atomic E-state index is 0.401. The highest BCUT2D eigenvalue weighted by atomic mass is 14.9. The lowest BCUT2D eigenvalue weighted by Gasteiger charge is -1.98. The van der Waals surface area contributed by atoms with Crippen molar-refractivity contribution in [3.8, 4) is 12.3 Å². The zero-order chi connectivity index (χ0) is 7.28. The first-order chi connectivity index (χ1) is 4.20. The van der Waals surface area contributed by atoms with Crippen LogP contribution in [0.5, 0.6) is 0 Å². The minimum atomic E-state index is 0.401. The van der Waals surface area contributed by atoms with Crippen LogP contribution in [0.3, 0.4) is 0 Å². The standard InChI is InChI=1S/C7H10N2/c1-4-6(2)5-7(8)9-3/h1H,2,5H2,3H3,(H2,8,9). The van der Waals surface area contributed by atoms with E-state index in [1.165, 1.54) is 0 Å². The van der Waals surface area contributed by atoms with Crippen molar-refractivity contribution < 1.29 is 0 Å². The van der Waals surface area contributed by atoms with Crippen LogP contribution in [0.4, 0.5) is 0 Å². The van der Waals surface area contributed by atoms with Crippen LogP contribution in [-0.4, -0.2) is 12.9 Å². The van der Waals surface area contributed by atoms with E-state index in [0.717, 1.165) is 0 Å². The second kappa shape index (κ2) is 3.73. The first-order valence-corrected chi connectivity index (χ1v) is 2.60. The molecule has 0 heterocycles. The summed E-state index contributed by atoms with van der Waals surface area (Å²) in [4.78, 5) is 0. The molecule has 0 rings (SSSR count). The Labute approximate surface area is 55.5 Å². The first kappa shape index (κ1) is 7.77. The average Bonchev–Trinajstić information content (AvgIpc) is 1.87. The third kappa shape index (κ3) is 3.36. The molecule has 0 atom stereocenters. The van der Waals surface area contributed by atoms with Crippen LogP contribution in [0.25, 0.3) is 0 Å². The first-order valence-electron chi connectivity index (χ1n) is 2.60. The van der Waals surface area contributed by atoms with E-state index in [9.17, 15) is 0 Å². The maximum atomic E-state index is 7.10. The van der Waals surface area contributed by atoms with Crippen LogP contribution in [0.2, 0.25) is 0 Å². The largest absolute Gasteiger partial charge is 0.377 e. The van der Waals surface area contributed by atoms with Gasteiger partial charge in [-0.25, -0.2) is 0 Å². The fourth-order valence-electron chi connectivity index (χ4n) is 0.353. The van der Waals surface area contributed by atoms with Gasteiger partial charge in [0, 0.05) is 19.0 Å². The van der Waals surface area contributed by atoms with Crippen molar-refractivity contribution in [1.82, 2.24) is 5.32 Å². The molecule has 2 nitrogen and oxygen atoms in total. The fourth-order valence-corrected chi connectivity index (χ4v) is 0.353. The van der Waals surface area contributed by atoms with Crippen LogP contribution in [0.1, 0.15) is 6.42 Å². The summed E-state index contributed by atoms with van der Waals surface area (Å²) in [5.41, 5.74) is 0.634. The number of nitrogens with one attached hydrogen (secondary N) is 2. The Bertz CT molecular complexity index is 162. The zero-order valence-electron chi connectivity index (χ0n) is 5.49. The normalized spacial score (nSPS) is 7.56. The molecule has 0 saturated carbocycles. The van der Waals surface area contributed by atoms with Gasteiger partial charge >= 0.3 is 0 Å². The van der Waals surface area contributed by atoms with E-state index in [2.05, 4.69) is 17.8 Å². The minimum Gasteiger partial charge on any atom is -0.377 e. The highest BCUT2D eigenvalue weighted by Gasteiger charge is 1.92. The average molecular weight is 122 g/mol. The van der Waals surface area contributed by atoms with Crippen LogP contribution in [0.15, 0.2) is 12.2 Å². The fraction of sp³-hybridized carbons (Fsp3) is 0.286. The molecule has 9 heavy (non-hydrogen) atoms. The van der Waals surface area contributed by atoms with Crippen LogP contribution in [-0.2, 0) is 0 Å². The van der Waals surface area contributed by atoms with Crippen LogP contribution >= 0.6 is 0 Å². The van der Waals surface area contributed by atoms with Gasteiger partial charge in [-0.2, -0.15) is 0 Å². The molecule has 0 unspecified atom stereocenters. The van der Waals surface area contributed by atoms with E-state index in [1.807, 2.05) is 0 Å². The molecule has 2 N–H and O–H groups in total. The topological polar surface area (TPSA) is 35.9 Å². The Morgan fingerprint density at radius 1 is 1.89 bits per heavy atom. The van der Waals surface area contributed by atoms with Gasteiger partial charge in [-0.05, 0) is 0 Å². The van der Waals surface area contributed by atoms with E-state index in [-0.39, 0.29) is 0 Å². The highest BCUT2D eigenvalue weighted by Crippen LogP contribution is 1.93. The molecule has 0 aliphatic heterocycles. The Morgan fingerprint density at radius 3 is 2.78 bits per heavy atom. The SMILES string of the molecule is C#CC(=C)CC(=N)NC. The second-order valence-corrected chi connectivity index (χ2v) is 1.65. The quantitative estimate of drug-likeness (QED) is 0.316. The van der Waals surface area contributed by atoms with Gasteiger partial charge in [0.2, 0.25) is 0 Å². The van der Waals surface area contributed by atoms with Gasteiger partial charge in [0.1, 0.15) is 0 Å². The molecule has 0 amide bonds. The molecule has 0 radical (unpaired) electrons. The maximum absolute atomic E-state index is 7.10. The molecule has 0 aliphatic rings. The Kier molecular flexibility index (Phi) is 3.22. The molecular weight excluding hydrogens is 112 g/mol. The van der Waals surface area contributed by atoms with Gasteiger partial charge in [-0.15, -0.1) is 6.42 Å². The maximum Gasteiger partial charge on any atom is 0.0980 e. The Morgan fingerprint density at radius 2 is 2.44 bits per heavy atom. The molecule has 0 aromatic carbocycles. The number of terminal acetylenes is 1. The van der Waals surface area contributed by atoms with Crippen LogP contribution in [0, 0.1) is 17.8 Å². The van der Waals surface area contributed by atoms with Gasteiger partial charge in [0.15, 0.2) is 0 Å². The number of hydrogen-bond donors (Lipinski definition) is 2. The molecular formula is C7H10N2. The summed E-state index contributed by atoms with van der Waals surface area (Å²) in [5.74, 6) is 2.76. The summed E-state index contributed by atoms with van der Waals surface area (Å²) in [7, 11) is 1.69. The second-order valence-electron chi connectivity index (χ2n) is 1.65. The number of amidine groups is 1. The Hall–Kier alpha value is -1.23. The summed E-state index contributed by atoms with van der Waals surface area (Å²) in [6.45, 7) is 3.54. The van der Waals surface area contributed by atoms with Gasteiger partial charge in [-0.3, -0.25) is 5.41 Å². The van der Waals surface area contributed by atoms with Gasteiger partial charge in [0.25, 0.3) is 0 Å². The predicted octanol–water partition coefficient (Wildman–Crippen LogP) is 0.763. The van der Waals surface area contributed by atoms with Gasteiger partial charge in [-0.1, -0.05) is 12.5 Å². The number of rotatable bonds is 2. The van der Waals surface area contributed by atoms with Gasteiger partial charge in [0.05, 0.1) is 5.84 Å². The zero-order valence-corrected chi connectivity index (χ0v) is 5.49. The molecule has 0 spiro atoms. The van der Waals surface area contributed by atoms with Crippen molar-refractivity contribution in [1.29, 1.82) is 5.41 Å². The van der Waals surface area contributed by atoms with E-state index in [4.69, 9.17) is 11.8 Å². The van der Waals surface area contributed by atoms with Crippen molar-refractivity contribution in [2.45, 2.75) is 6.42 Å². The predicted molar refractivity (Wildman–Crippen MR) is 39.4 cm³/mol. The lowest BCUT2D eigenvalue weighted by molar-refractivity contribution is 1.08. The summed E-state index contributed by atoms with van der Waals surface area (Å²) < 4.78 is 0. The van der Waals surface area contributed by atoms with Crippen molar-refractivity contribution in [2.75, 3.05) is 7.05 Å². The number of hydrogen-bond acceptors (Lipinski definition) is 1.